The van der Waals surface area contributed by atoms with Gasteiger partial charge in [-0.25, -0.2) is 4.68 Å². The van der Waals surface area contributed by atoms with Gasteiger partial charge in [-0.15, -0.1) is 5.10 Å². The molecule has 1 aromatic rings. The van der Waals surface area contributed by atoms with Crippen LogP contribution >= 0.6 is 0 Å². The molecule has 0 saturated heterocycles. The Morgan fingerprint density at radius 2 is 1.86 bits per heavy atom. The highest BCUT2D eigenvalue weighted by atomic mass is 16.3. The zero-order valence-electron chi connectivity index (χ0n) is 17.4. The van der Waals surface area contributed by atoms with Gasteiger partial charge in [-0.2, -0.15) is 0 Å². The van der Waals surface area contributed by atoms with Gasteiger partial charge in [0.1, 0.15) is 6.54 Å². The number of Topliss-reactive ketones (excluding diaryl/α,β-unsaturated/α-hetero) is 1. The van der Waals surface area contributed by atoms with Crippen molar-refractivity contribution in [1.82, 2.24) is 15.0 Å². The Kier molecular flexibility index (Phi) is 4.46. The molecule has 0 amide bonds. The number of carbonyl (C=O) groups excluding carboxylic acids is 1. The third-order valence-corrected chi connectivity index (χ3v) is 9.82. The van der Waals surface area contributed by atoms with Crippen molar-refractivity contribution in [2.75, 3.05) is 0 Å². The molecule has 2 unspecified atom stereocenters. The lowest BCUT2D eigenvalue weighted by Crippen LogP contribution is -2.54. The second-order valence-electron chi connectivity index (χ2n) is 10.8. The first-order valence-corrected chi connectivity index (χ1v) is 11.5. The molecule has 5 rings (SSSR count). The Balaban J connectivity index is 1.36. The summed E-state index contributed by atoms with van der Waals surface area (Å²) in [4.78, 5) is 13.1. The van der Waals surface area contributed by atoms with Crippen LogP contribution in [0.2, 0.25) is 0 Å². The Morgan fingerprint density at radius 3 is 2.64 bits per heavy atom. The second kappa shape index (κ2) is 6.65. The Bertz CT molecular complexity index is 734. The first kappa shape index (κ1) is 18.8. The molecule has 28 heavy (non-hydrogen) atoms. The quantitative estimate of drug-likeness (QED) is 0.858. The number of hydrogen-bond donors (Lipinski definition) is 1. The lowest BCUT2D eigenvalue weighted by Gasteiger charge is -2.60. The highest BCUT2D eigenvalue weighted by Gasteiger charge is 2.61. The predicted molar refractivity (Wildman–Crippen MR) is 106 cm³/mol. The van der Waals surface area contributed by atoms with E-state index in [9.17, 15) is 9.90 Å². The number of hydrogen-bond acceptors (Lipinski definition) is 4. The lowest BCUT2D eigenvalue weighted by atomic mass is 9.44. The molecular formula is C23H35N3O2. The molecule has 4 aliphatic rings. The van der Waals surface area contributed by atoms with Gasteiger partial charge in [0.05, 0.1) is 12.3 Å². The predicted octanol–water partition coefficient (Wildman–Crippen LogP) is 3.87. The van der Waals surface area contributed by atoms with E-state index in [0.29, 0.717) is 29.6 Å². The summed E-state index contributed by atoms with van der Waals surface area (Å²) in [6.07, 6.45) is 13.9. The van der Waals surface area contributed by atoms with E-state index in [2.05, 4.69) is 24.2 Å². The van der Waals surface area contributed by atoms with Crippen LogP contribution in [-0.4, -0.2) is 32.0 Å². The maximum atomic E-state index is 13.1. The molecule has 4 saturated carbocycles. The van der Waals surface area contributed by atoms with E-state index in [4.69, 9.17) is 0 Å². The number of rotatable bonds is 3. The van der Waals surface area contributed by atoms with E-state index in [0.717, 1.165) is 31.1 Å². The summed E-state index contributed by atoms with van der Waals surface area (Å²) in [6, 6.07) is 0. The minimum absolute atomic E-state index is 0.0752. The Hall–Kier alpha value is -1.23. The van der Waals surface area contributed by atoms with Gasteiger partial charge in [-0.1, -0.05) is 19.1 Å². The monoisotopic (exact) mass is 385 g/mol. The molecule has 0 radical (unpaired) electrons. The third-order valence-electron chi connectivity index (χ3n) is 9.82. The van der Waals surface area contributed by atoms with E-state index >= 15 is 0 Å². The standard InChI is InChI=1S/C23H35N3O2/c1-22-9-7-16(27)13-15(22)3-4-17-18-5-6-20(23(18,2)10-8-19(17)22)21(28)14-26-12-11-24-25-26/h11-12,15-20,27H,3-10,13-14H2,1-2H3/t15?,16?,17-,18-,19-,20+,22-,23-/m0/s1. The largest absolute Gasteiger partial charge is 0.393 e. The SMILES string of the molecule is C[C@]12CC[C@H]3[C@@H](CCC4CC(O)CC[C@@]43C)[C@@H]1CC[C@@H]2C(=O)Cn1ccnn1. The van der Waals surface area contributed by atoms with E-state index in [1.165, 1.54) is 38.5 Å². The summed E-state index contributed by atoms with van der Waals surface area (Å²) in [5.41, 5.74) is 0.572. The van der Waals surface area contributed by atoms with Crippen LogP contribution in [0.1, 0.15) is 71.6 Å². The van der Waals surface area contributed by atoms with E-state index in [1.54, 1.807) is 17.1 Å². The third kappa shape index (κ3) is 2.72. The molecule has 0 aromatic carbocycles. The Labute approximate surface area is 168 Å². The van der Waals surface area contributed by atoms with Crippen LogP contribution in [-0.2, 0) is 11.3 Å². The number of aliphatic hydroxyl groups is 1. The molecule has 154 valence electrons. The average Bonchev–Trinajstić information content (AvgIpc) is 3.29. The fourth-order valence-electron chi connectivity index (χ4n) is 8.35. The molecule has 0 spiro atoms. The topological polar surface area (TPSA) is 68.0 Å². The fourth-order valence-corrected chi connectivity index (χ4v) is 8.35. The molecule has 1 N–H and O–H groups in total. The summed E-state index contributed by atoms with van der Waals surface area (Å²) >= 11 is 0. The maximum Gasteiger partial charge on any atom is 0.157 e. The van der Waals surface area contributed by atoms with Gasteiger partial charge in [-0.3, -0.25) is 4.79 Å². The lowest BCUT2D eigenvalue weighted by molar-refractivity contribution is -0.140. The van der Waals surface area contributed by atoms with Gasteiger partial charge in [0.2, 0.25) is 0 Å². The van der Waals surface area contributed by atoms with Crippen LogP contribution in [0.5, 0.6) is 0 Å². The highest BCUT2D eigenvalue weighted by Crippen LogP contribution is 2.67. The van der Waals surface area contributed by atoms with Gasteiger partial charge in [-0.05, 0) is 92.3 Å². The maximum absolute atomic E-state index is 13.1. The first-order chi connectivity index (χ1) is 13.4. The van der Waals surface area contributed by atoms with E-state index in [1.807, 2.05) is 0 Å². The number of ketones is 1. The minimum atomic E-state index is -0.0752. The fraction of sp³-hybridized carbons (Fsp3) is 0.870. The van der Waals surface area contributed by atoms with Crippen molar-refractivity contribution in [1.29, 1.82) is 0 Å². The average molecular weight is 386 g/mol. The van der Waals surface area contributed by atoms with Crippen LogP contribution in [0.4, 0.5) is 0 Å². The van der Waals surface area contributed by atoms with Crippen LogP contribution in [0.15, 0.2) is 12.4 Å². The molecular weight excluding hydrogens is 350 g/mol. The molecule has 4 fully saturated rings. The minimum Gasteiger partial charge on any atom is -0.393 e. The van der Waals surface area contributed by atoms with Crippen LogP contribution in [0, 0.1) is 40.4 Å². The van der Waals surface area contributed by atoms with Crippen molar-refractivity contribution in [2.45, 2.75) is 84.3 Å². The van der Waals surface area contributed by atoms with Crippen LogP contribution in [0.25, 0.3) is 0 Å². The number of nitrogens with zero attached hydrogens (tertiary/aromatic N) is 3. The van der Waals surface area contributed by atoms with Gasteiger partial charge >= 0.3 is 0 Å². The van der Waals surface area contributed by atoms with Gasteiger partial charge in [0.25, 0.3) is 0 Å². The van der Waals surface area contributed by atoms with Crippen molar-refractivity contribution >= 4 is 5.78 Å². The molecule has 5 heteroatoms. The van der Waals surface area contributed by atoms with Crippen molar-refractivity contribution in [3.05, 3.63) is 12.4 Å². The summed E-state index contributed by atoms with van der Waals surface area (Å²) in [5.74, 6) is 3.50. The summed E-state index contributed by atoms with van der Waals surface area (Å²) in [7, 11) is 0. The van der Waals surface area contributed by atoms with Crippen molar-refractivity contribution in [3.8, 4) is 0 Å². The number of carbonyl (C=O) groups is 1. The van der Waals surface area contributed by atoms with Crippen molar-refractivity contribution < 1.29 is 9.90 Å². The zero-order valence-corrected chi connectivity index (χ0v) is 17.4. The Morgan fingerprint density at radius 1 is 1.07 bits per heavy atom. The number of aromatic nitrogens is 3. The second-order valence-corrected chi connectivity index (χ2v) is 10.8. The van der Waals surface area contributed by atoms with Crippen molar-refractivity contribution in [2.24, 2.45) is 40.4 Å². The van der Waals surface area contributed by atoms with Crippen LogP contribution < -0.4 is 0 Å². The molecule has 8 atom stereocenters. The molecule has 4 aliphatic carbocycles. The number of fused-ring (bicyclic) bond motifs is 5. The molecule has 1 aromatic heterocycles. The molecule has 0 bridgehead atoms. The molecule has 5 nitrogen and oxygen atoms in total. The van der Waals surface area contributed by atoms with E-state index in [-0.39, 0.29) is 17.4 Å². The van der Waals surface area contributed by atoms with Gasteiger partial charge in [0.15, 0.2) is 5.78 Å². The highest BCUT2D eigenvalue weighted by molar-refractivity contribution is 5.82. The van der Waals surface area contributed by atoms with E-state index < -0.39 is 0 Å². The van der Waals surface area contributed by atoms with Crippen LogP contribution in [0.3, 0.4) is 0 Å². The van der Waals surface area contributed by atoms with Crippen molar-refractivity contribution in [3.63, 3.8) is 0 Å². The zero-order chi connectivity index (χ0) is 19.5. The van der Waals surface area contributed by atoms with Gasteiger partial charge < -0.3 is 5.11 Å². The summed E-state index contributed by atoms with van der Waals surface area (Å²) in [5, 5.41) is 18.1. The first-order valence-electron chi connectivity index (χ1n) is 11.5. The number of aliphatic hydroxyl groups excluding tert-OH is 1. The summed E-state index contributed by atoms with van der Waals surface area (Å²) < 4.78 is 1.68. The smallest absolute Gasteiger partial charge is 0.157 e. The van der Waals surface area contributed by atoms with Gasteiger partial charge in [0, 0.05) is 12.1 Å². The molecule has 1 heterocycles. The normalized spacial score (nSPS) is 47.8. The summed E-state index contributed by atoms with van der Waals surface area (Å²) in [6.45, 7) is 5.33. The molecule has 0 aliphatic heterocycles.